The molecule has 1 atom stereocenters. The molecule has 0 spiro atoms. The third kappa shape index (κ3) is 7.77. The lowest BCUT2D eigenvalue weighted by molar-refractivity contribution is -0.0434. The predicted molar refractivity (Wildman–Crippen MR) is 122 cm³/mol. The largest absolute Gasteiger partial charge is 0.499 e. The van der Waals surface area contributed by atoms with Crippen molar-refractivity contribution in [3.8, 4) is 0 Å². The van der Waals surface area contributed by atoms with Crippen LogP contribution < -0.4 is 0 Å². The van der Waals surface area contributed by atoms with E-state index in [0.29, 0.717) is 10.2 Å². The van der Waals surface area contributed by atoms with Crippen molar-refractivity contribution in [1.82, 2.24) is 9.21 Å². The van der Waals surface area contributed by atoms with Crippen molar-refractivity contribution in [3.63, 3.8) is 0 Å². The number of sulfonamides is 1. The van der Waals surface area contributed by atoms with E-state index < -0.39 is 44.9 Å². The van der Waals surface area contributed by atoms with Gasteiger partial charge in [0.05, 0.1) is 5.75 Å². The molecule has 0 aromatic carbocycles. The molecule has 0 bridgehead atoms. The van der Waals surface area contributed by atoms with Gasteiger partial charge in [-0.25, -0.2) is 25.3 Å². The summed E-state index contributed by atoms with van der Waals surface area (Å²) in [7, 11) is -15.3. The molecule has 1 aliphatic carbocycles. The SMILES string of the molecule is CCCN(CCC)S(=O)(=O)C(S(=O)(=O)CCCN(C)C1CCC(C)CC1)S(=O)(=O)C(F)(F)F. The van der Waals surface area contributed by atoms with E-state index in [4.69, 9.17) is 0 Å². The second-order valence-electron chi connectivity index (χ2n) is 8.84. The molecule has 0 radical (unpaired) electrons. The highest BCUT2D eigenvalue weighted by Gasteiger charge is 2.62. The molecule has 0 aliphatic heterocycles. The second kappa shape index (κ2) is 12.0. The van der Waals surface area contributed by atoms with E-state index in [1.165, 1.54) is 0 Å². The molecule has 8 nitrogen and oxygen atoms in total. The Morgan fingerprint density at radius 3 is 1.79 bits per heavy atom. The molecule has 0 heterocycles. The minimum Gasteiger partial charge on any atom is -0.303 e. The molecule has 1 unspecified atom stereocenters. The molecule has 0 amide bonds. The molecule has 14 heteroatoms. The Balaban J connectivity index is 3.19. The summed E-state index contributed by atoms with van der Waals surface area (Å²) in [5, 5.41) is 0. The van der Waals surface area contributed by atoms with Gasteiger partial charge in [0, 0.05) is 19.1 Å². The highest BCUT2D eigenvalue weighted by atomic mass is 32.3. The Kier molecular flexibility index (Phi) is 11.1. The maximum absolute atomic E-state index is 13.4. The summed E-state index contributed by atoms with van der Waals surface area (Å²) in [4.78, 5) is 1.91. The van der Waals surface area contributed by atoms with Crippen LogP contribution in [0.3, 0.4) is 0 Å². The molecule has 198 valence electrons. The van der Waals surface area contributed by atoms with Crippen LogP contribution in [-0.2, 0) is 29.7 Å². The number of hydrogen-bond acceptors (Lipinski definition) is 7. The van der Waals surface area contributed by atoms with E-state index in [1.54, 1.807) is 20.9 Å². The molecular formula is C19H37F3N2O6S3. The molecular weight excluding hydrogens is 505 g/mol. The summed E-state index contributed by atoms with van der Waals surface area (Å²) in [6.07, 6.45) is 4.04. The van der Waals surface area contributed by atoms with Gasteiger partial charge in [0.1, 0.15) is 0 Å². The zero-order chi connectivity index (χ0) is 25.7. The van der Waals surface area contributed by atoms with Gasteiger partial charge in [-0.05, 0) is 64.5 Å². The van der Waals surface area contributed by atoms with Crippen molar-refractivity contribution in [2.75, 3.05) is 32.4 Å². The molecule has 1 aliphatic rings. The molecule has 1 fully saturated rings. The van der Waals surface area contributed by atoms with Gasteiger partial charge in [0.25, 0.3) is 13.8 Å². The van der Waals surface area contributed by atoms with Crippen LogP contribution in [-0.4, -0.2) is 82.4 Å². The first-order chi connectivity index (χ1) is 15.0. The van der Waals surface area contributed by atoms with E-state index in [-0.39, 0.29) is 44.9 Å². The highest BCUT2D eigenvalue weighted by Crippen LogP contribution is 2.34. The summed E-state index contributed by atoms with van der Waals surface area (Å²) in [6.45, 7) is 4.90. The lowest BCUT2D eigenvalue weighted by atomic mass is 9.87. The fraction of sp³-hybridized carbons (Fsp3) is 1.00. The van der Waals surface area contributed by atoms with Crippen molar-refractivity contribution in [2.24, 2.45) is 5.92 Å². The fourth-order valence-corrected chi connectivity index (χ4v) is 12.4. The standard InChI is InChI=1S/C19H37F3N2O6S3/c1-5-12-24(13-6-2)33(29,30)18(32(27,28)19(20,21)22)31(25,26)15-7-14-23(4)17-10-8-16(3)9-11-17/h16-18H,5-15H2,1-4H3. The van der Waals surface area contributed by atoms with Crippen LogP contribution >= 0.6 is 0 Å². The topological polar surface area (TPSA) is 109 Å². The maximum Gasteiger partial charge on any atom is 0.499 e. The number of nitrogens with zero attached hydrogens (tertiary/aromatic N) is 2. The van der Waals surface area contributed by atoms with Crippen LogP contribution in [0.1, 0.15) is 65.7 Å². The van der Waals surface area contributed by atoms with Crippen LogP contribution in [0, 0.1) is 5.92 Å². The van der Waals surface area contributed by atoms with Crippen molar-refractivity contribution in [2.45, 2.75) is 81.2 Å². The van der Waals surface area contributed by atoms with Crippen LogP contribution in [0.15, 0.2) is 0 Å². The zero-order valence-electron chi connectivity index (χ0n) is 19.7. The average Bonchev–Trinajstić information content (AvgIpc) is 2.66. The minimum atomic E-state index is -6.54. The van der Waals surface area contributed by atoms with E-state index in [2.05, 4.69) is 6.92 Å². The van der Waals surface area contributed by atoms with Crippen LogP contribution in [0.5, 0.6) is 0 Å². The third-order valence-electron chi connectivity index (χ3n) is 5.97. The first kappa shape index (κ1) is 30.6. The van der Waals surface area contributed by atoms with E-state index >= 15 is 0 Å². The Bertz CT molecular complexity index is 922. The van der Waals surface area contributed by atoms with Crippen LogP contribution in [0.4, 0.5) is 13.2 Å². The molecule has 0 saturated heterocycles. The Hall–Kier alpha value is -0.440. The monoisotopic (exact) mass is 542 g/mol. The summed E-state index contributed by atoms with van der Waals surface area (Å²) in [6, 6.07) is 0.201. The van der Waals surface area contributed by atoms with E-state index in [9.17, 15) is 38.4 Å². The zero-order valence-corrected chi connectivity index (χ0v) is 22.2. The van der Waals surface area contributed by atoms with Crippen molar-refractivity contribution < 1.29 is 38.4 Å². The van der Waals surface area contributed by atoms with Gasteiger partial charge in [-0.2, -0.15) is 17.5 Å². The first-order valence-corrected chi connectivity index (χ1v) is 16.0. The first-order valence-electron chi connectivity index (χ1n) is 11.2. The van der Waals surface area contributed by atoms with Gasteiger partial charge in [-0.1, -0.05) is 20.8 Å². The van der Waals surface area contributed by atoms with Crippen molar-refractivity contribution in [1.29, 1.82) is 0 Å². The average molecular weight is 543 g/mol. The highest BCUT2D eigenvalue weighted by molar-refractivity contribution is 8.23. The van der Waals surface area contributed by atoms with E-state index in [1.807, 2.05) is 4.90 Å². The second-order valence-corrected chi connectivity index (χ2v) is 16.0. The lowest BCUT2D eigenvalue weighted by Gasteiger charge is -2.33. The molecule has 0 aromatic rings. The number of alkyl halides is 3. The summed E-state index contributed by atoms with van der Waals surface area (Å²) < 4.78 is 113. The smallest absolute Gasteiger partial charge is 0.303 e. The van der Waals surface area contributed by atoms with Gasteiger partial charge < -0.3 is 4.90 Å². The van der Waals surface area contributed by atoms with Crippen molar-refractivity contribution in [3.05, 3.63) is 0 Å². The quantitative estimate of drug-likeness (QED) is 0.352. The van der Waals surface area contributed by atoms with Crippen molar-refractivity contribution >= 4 is 29.7 Å². The maximum atomic E-state index is 13.4. The predicted octanol–water partition coefficient (Wildman–Crippen LogP) is 2.97. The minimum absolute atomic E-state index is 0.175. The molecule has 1 saturated carbocycles. The van der Waals surface area contributed by atoms with Crippen LogP contribution in [0.2, 0.25) is 0 Å². The number of hydrogen-bond donors (Lipinski definition) is 0. The molecule has 1 rings (SSSR count). The summed E-state index contributed by atoms with van der Waals surface area (Å²) in [5.41, 5.74) is -6.03. The number of rotatable bonds is 13. The normalized spacial score (nSPS) is 22.1. The van der Waals surface area contributed by atoms with Gasteiger partial charge in [-0.3, -0.25) is 0 Å². The Labute approximate surface area is 196 Å². The summed E-state index contributed by atoms with van der Waals surface area (Å²) in [5.74, 6) is -0.381. The third-order valence-corrected chi connectivity index (χ3v) is 14.9. The number of halogens is 3. The number of sulfone groups is 2. The molecule has 33 heavy (non-hydrogen) atoms. The van der Waals surface area contributed by atoms with Gasteiger partial charge in [0.2, 0.25) is 10.0 Å². The Morgan fingerprint density at radius 2 is 1.36 bits per heavy atom. The lowest BCUT2D eigenvalue weighted by Crippen LogP contribution is -2.51. The van der Waals surface area contributed by atoms with Gasteiger partial charge >= 0.3 is 5.51 Å². The summed E-state index contributed by atoms with van der Waals surface area (Å²) >= 11 is 0. The van der Waals surface area contributed by atoms with E-state index in [0.717, 1.165) is 25.7 Å². The Morgan fingerprint density at radius 1 is 0.879 bits per heavy atom. The fourth-order valence-electron chi connectivity index (χ4n) is 4.11. The van der Waals surface area contributed by atoms with Crippen LogP contribution in [0.25, 0.3) is 0 Å². The van der Waals surface area contributed by atoms with Gasteiger partial charge in [-0.15, -0.1) is 0 Å². The molecule has 0 N–H and O–H groups in total. The molecule has 0 aromatic heterocycles. The van der Waals surface area contributed by atoms with Gasteiger partial charge in [0.15, 0.2) is 9.84 Å².